The summed E-state index contributed by atoms with van der Waals surface area (Å²) in [7, 11) is 0. The predicted octanol–water partition coefficient (Wildman–Crippen LogP) is 2.30. The first-order chi connectivity index (χ1) is 9.99. The van der Waals surface area contributed by atoms with Crippen LogP contribution in [0, 0.1) is 17.5 Å². The molecule has 5 nitrogen and oxygen atoms in total. The van der Waals surface area contributed by atoms with E-state index in [1.807, 2.05) is 0 Å². The molecule has 0 aliphatic heterocycles. The van der Waals surface area contributed by atoms with Crippen LogP contribution in [-0.4, -0.2) is 25.3 Å². The number of hydrogen-bond donors (Lipinski definition) is 1. The molecule has 1 N–H and O–H groups in total. The Kier molecular flexibility index (Phi) is 2.93. The number of carboxylic acid groups (broad SMARTS) is 1. The van der Waals surface area contributed by atoms with Crippen molar-refractivity contribution in [3.05, 3.63) is 59.3 Å². The molecule has 0 radical (unpaired) electrons. The Morgan fingerprint density at radius 1 is 1.19 bits per heavy atom. The van der Waals surface area contributed by atoms with Gasteiger partial charge in [0.15, 0.2) is 23.1 Å². The maximum absolute atomic E-state index is 13.7. The molecule has 0 unspecified atom stereocenters. The summed E-state index contributed by atoms with van der Waals surface area (Å²) >= 11 is 0. The molecule has 1 aromatic carbocycles. The van der Waals surface area contributed by atoms with Gasteiger partial charge in [-0.05, 0) is 6.07 Å². The fourth-order valence-corrected chi connectivity index (χ4v) is 2.12. The molecule has 0 spiro atoms. The number of hydrogen-bond acceptors (Lipinski definition) is 2. The van der Waals surface area contributed by atoms with Crippen LogP contribution in [0.3, 0.4) is 0 Å². The fraction of sp³-hybridized carbons (Fsp3) is 0.0769. The molecule has 8 heteroatoms. The van der Waals surface area contributed by atoms with E-state index < -0.39 is 23.4 Å². The van der Waals surface area contributed by atoms with Crippen LogP contribution in [0.15, 0.2) is 30.7 Å². The van der Waals surface area contributed by atoms with Gasteiger partial charge >= 0.3 is 5.97 Å². The van der Waals surface area contributed by atoms with Gasteiger partial charge < -0.3 is 9.67 Å². The van der Waals surface area contributed by atoms with Gasteiger partial charge in [0.1, 0.15) is 5.56 Å². The molecule has 108 valence electrons. The Hall–Kier alpha value is -2.77. The van der Waals surface area contributed by atoms with E-state index in [4.69, 9.17) is 5.11 Å². The second-order valence-corrected chi connectivity index (χ2v) is 4.39. The monoisotopic (exact) mass is 295 g/mol. The van der Waals surface area contributed by atoms with Crippen LogP contribution in [0.2, 0.25) is 0 Å². The smallest absolute Gasteiger partial charge is 0.341 e. The van der Waals surface area contributed by atoms with Gasteiger partial charge in [0, 0.05) is 18.0 Å². The topological polar surface area (TPSA) is 59.5 Å². The first kappa shape index (κ1) is 13.2. The summed E-state index contributed by atoms with van der Waals surface area (Å²) in [5.74, 6) is -5.30. The first-order valence-corrected chi connectivity index (χ1v) is 5.87. The minimum absolute atomic E-state index is 0.0667. The van der Waals surface area contributed by atoms with Crippen molar-refractivity contribution in [3.63, 3.8) is 0 Å². The van der Waals surface area contributed by atoms with Gasteiger partial charge in [-0.15, -0.1) is 0 Å². The van der Waals surface area contributed by atoms with Gasteiger partial charge in [-0.3, -0.25) is 0 Å². The quantitative estimate of drug-likeness (QED) is 0.754. The van der Waals surface area contributed by atoms with Crippen molar-refractivity contribution in [2.75, 3.05) is 0 Å². The molecule has 2 heterocycles. The second-order valence-electron chi connectivity index (χ2n) is 4.39. The second kappa shape index (κ2) is 4.65. The van der Waals surface area contributed by atoms with E-state index in [1.54, 1.807) is 0 Å². The van der Waals surface area contributed by atoms with Crippen molar-refractivity contribution in [2.45, 2.75) is 6.54 Å². The molecular formula is C13H8F3N3O2. The summed E-state index contributed by atoms with van der Waals surface area (Å²) in [5.41, 5.74) is 0.0687. The SMILES string of the molecule is O=C(O)c1cnn2ccn(Cc3ccc(F)c(F)c3F)c12. The Bertz CT molecular complexity index is 854. The standard InChI is InChI=1S/C13H8F3N3O2/c14-9-2-1-7(10(15)11(9)16)6-18-3-4-19-12(18)8(5-17-19)13(20)21/h1-5H,6H2,(H,20,21). The number of benzene rings is 1. The lowest BCUT2D eigenvalue weighted by molar-refractivity contribution is 0.0698. The number of nitrogens with zero attached hydrogens (tertiary/aromatic N) is 3. The zero-order valence-electron chi connectivity index (χ0n) is 10.4. The van der Waals surface area contributed by atoms with Gasteiger partial charge in [0.2, 0.25) is 0 Å². The number of carboxylic acids is 1. The number of imidazole rings is 1. The van der Waals surface area contributed by atoms with Crippen molar-refractivity contribution < 1.29 is 23.1 Å². The number of halogens is 3. The highest BCUT2D eigenvalue weighted by Crippen LogP contribution is 2.19. The van der Waals surface area contributed by atoms with Crippen LogP contribution in [0.4, 0.5) is 13.2 Å². The number of rotatable bonds is 3. The van der Waals surface area contributed by atoms with Crippen LogP contribution in [0.5, 0.6) is 0 Å². The number of aromatic carboxylic acids is 1. The van der Waals surface area contributed by atoms with Crippen LogP contribution < -0.4 is 0 Å². The molecular weight excluding hydrogens is 287 g/mol. The summed E-state index contributed by atoms with van der Waals surface area (Å²) in [4.78, 5) is 11.1. The molecule has 0 saturated heterocycles. The lowest BCUT2D eigenvalue weighted by Gasteiger charge is -2.07. The summed E-state index contributed by atoms with van der Waals surface area (Å²) < 4.78 is 42.5. The van der Waals surface area contributed by atoms with Crippen LogP contribution in [0.1, 0.15) is 15.9 Å². The minimum atomic E-state index is -1.55. The van der Waals surface area contributed by atoms with Crippen LogP contribution in [0.25, 0.3) is 5.65 Å². The van der Waals surface area contributed by atoms with Gasteiger partial charge in [0.25, 0.3) is 0 Å². The van der Waals surface area contributed by atoms with Crippen molar-refractivity contribution >= 4 is 11.6 Å². The summed E-state index contributed by atoms with van der Waals surface area (Å²) in [6.07, 6.45) is 4.13. The average Bonchev–Trinajstić information content (AvgIpc) is 3.02. The Morgan fingerprint density at radius 2 is 1.95 bits per heavy atom. The highest BCUT2D eigenvalue weighted by molar-refractivity contribution is 5.94. The molecule has 3 aromatic rings. The fourth-order valence-electron chi connectivity index (χ4n) is 2.12. The van der Waals surface area contributed by atoms with E-state index in [1.165, 1.54) is 21.5 Å². The largest absolute Gasteiger partial charge is 0.477 e. The molecule has 2 aromatic heterocycles. The molecule has 0 atom stereocenters. The number of carbonyl (C=O) groups is 1. The molecule has 0 bridgehead atoms. The Balaban J connectivity index is 2.08. The Labute approximate surface area is 115 Å². The molecule has 21 heavy (non-hydrogen) atoms. The van der Waals surface area contributed by atoms with Crippen molar-refractivity contribution in [1.82, 2.24) is 14.2 Å². The normalized spacial score (nSPS) is 11.2. The average molecular weight is 295 g/mol. The van der Waals surface area contributed by atoms with E-state index in [0.29, 0.717) is 0 Å². The highest BCUT2D eigenvalue weighted by Gasteiger charge is 2.18. The van der Waals surface area contributed by atoms with E-state index in [2.05, 4.69) is 5.10 Å². The molecule has 0 fully saturated rings. The lowest BCUT2D eigenvalue weighted by Crippen LogP contribution is -2.06. The molecule has 0 amide bonds. The third-order valence-electron chi connectivity index (χ3n) is 3.12. The predicted molar refractivity (Wildman–Crippen MR) is 65.6 cm³/mol. The third kappa shape index (κ3) is 2.04. The summed E-state index contributed by atoms with van der Waals surface area (Å²) in [6.45, 7) is -0.147. The van der Waals surface area contributed by atoms with Gasteiger partial charge in [-0.2, -0.15) is 5.10 Å². The third-order valence-corrected chi connectivity index (χ3v) is 3.12. The van der Waals surface area contributed by atoms with E-state index in [0.717, 1.165) is 18.3 Å². The summed E-state index contributed by atoms with van der Waals surface area (Å²) in [6, 6.07) is 1.93. The van der Waals surface area contributed by atoms with Crippen molar-refractivity contribution in [2.24, 2.45) is 0 Å². The zero-order chi connectivity index (χ0) is 15.1. The molecule has 0 aliphatic carbocycles. The van der Waals surface area contributed by atoms with Gasteiger partial charge in [0.05, 0.1) is 12.7 Å². The lowest BCUT2D eigenvalue weighted by atomic mass is 10.2. The maximum atomic E-state index is 13.7. The highest BCUT2D eigenvalue weighted by atomic mass is 19.2. The van der Waals surface area contributed by atoms with E-state index >= 15 is 0 Å². The van der Waals surface area contributed by atoms with Gasteiger partial charge in [-0.25, -0.2) is 22.5 Å². The van der Waals surface area contributed by atoms with E-state index in [9.17, 15) is 18.0 Å². The van der Waals surface area contributed by atoms with E-state index in [-0.39, 0.29) is 23.3 Å². The first-order valence-electron chi connectivity index (χ1n) is 5.87. The maximum Gasteiger partial charge on any atom is 0.341 e. The van der Waals surface area contributed by atoms with Crippen molar-refractivity contribution in [3.8, 4) is 0 Å². The summed E-state index contributed by atoms with van der Waals surface area (Å²) in [5, 5.41) is 12.9. The zero-order valence-corrected chi connectivity index (χ0v) is 10.4. The molecule has 0 aliphatic rings. The van der Waals surface area contributed by atoms with Gasteiger partial charge in [-0.1, -0.05) is 6.07 Å². The number of fused-ring (bicyclic) bond motifs is 1. The van der Waals surface area contributed by atoms with Crippen molar-refractivity contribution in [1.29, 1.82) is 0 Å². The van der Waals surface area contributed by atoms with Crippen LogP contribution >= 0.6 is 0 Å². The minimum Gasteiger partial charge on any atom is -0.477 e. The Morgan fingerprint density at radius 3 is 2.67 bits per heavy atom. The van der Waals surface area contributed by atoms with Crippen LogP contribution in [-0.2, 0) is 6.54 Å². The molecule has 3 rings (SSSR count). The molecule has 0 saturated carbocycles. The number of aromatic nitrogens is 3.